The second-order valence-corrected chi connectivity index (χ2v) is 8.29. The number of rotatable bonds is 8. The highest BCUT2D eigenvalue weighted by Gasteiger charge is 2.23. The van der Waals surface area contributed by atoms with Gasteiger partial charge in [0.2, 0.25) is 5.75 Å². The minimum absolute atomic E-state index is 0.132. The van der Waals surface area contributed by atoms with Crippen LogP contribution >= 0.6 is 11.8 Å². The van der Waals surface area contributed by atoms with E-state index in [0.717, 1.165) is 17.3 Å². The molecule has 0 saturated carbocycles. The topological polar surface area (TPSA) is 120 Å². The van der Waals surface area contributed by atoms with Gasteiger partial charge in [0, 0.05) is 23.4 Å². The molecule has 0 bridgehead atoms. The smallest absolute Gasteiger partial charge is 0.301 e. The van der Waals surface area contributed by atoms with Crippen LogP contribution < -0.4 is 14.2 Å². The van der Waals surface area contributed by atoms with Gasteiger partial charge in [0.05, 0.1) is 37.5 Å². The second kappa shape index (κ2) is 10.8. The highest BCUT2D eigenvalue weighted by atomic mass is 32.2. The normalized spacial score (nSPS) is 10.4. The zero-order valence-corrected chi connectivity index (χ0v) is 20.4. The average Bonchev–Trinajstić information content (AvgIpc) is 2.92. The number of nitrogens with zero attached hydrogens (tertiary/aromatic N) is 4. The van der Waals surface area contributed by atoms with Crippen molar-refractivity contribution in [3.05, 3.63) is 82.5 Å². The molecule has 0 unspecified atom stereocenters. The van der Waals surface area contributed by atoms with E-state index in [1.165, 1.54) is 39.7 Å². The first-order chi connectivity index (χ1) is 17.5. The molecule has 0 aliphatic carbocycles. The van der Waals surface area contributed by atoms with Crippen LogP contribution in [0.15, 0.2) is 76.9 Å². The lowest BCUT2D eigenvalue weighted by Crippen LogP contribution is -1.99. The van der Waals surface area contributed by atoms with Crippen LogP contribution in [0.25, 0.3) is 22.4 Å². The Balaban J connectivity index is 1.99. The zero-order chi connectivity index (χ0) is 25.7. The molecule has 9 nitrogen and oxygen atoms in total. The summed E-state index contributed by atoms with van der Waals surface area (Å²) < 4.78 is 16.4. The van der Waals surface area contributed by atoms with Crippen molar-refractivity contribution >= 4 is 17.4 Å². The molecule has 0 spiro atoms. The lowest BCUT2D eigenvalue weighted by Gasteiger charge is -2.16. The lowest BCUT2D eigenvalue weighted by atomic mass is 9.98. The number of nitriles is 1. The SMILES string of the molecule is COc1cc(-c2cc(-c3ccccc3)nc(Sc3ncccc3[N+](=O)[O-])c2C#N)cc(OC)c1OC. The predicted molar refractivity (Wildman–Crippen MR) is 134 cm³/mol. The summed E-state index contributed by atoms with van der Waals surface area (Å²) in [5, 5.41) is 22.2. The molecule has 2 aromatic carbocycles. The van der Waals surface area contributed by atoms with Gasteiger partial charge in [-0.05, 0) is 41.6 Å². The van der Waals surface area contributed by atoms with Crippen molar-refractivity contribution in [2.45, 2.75) is 10.1 Å². The molecular formula is C26H20N4O5S. The van der Waals surface area contributed by atoms with Gasteiger partial charge in [-0.2, -0.15) is 5.26 Å². The predicted octanol–water partition coefficient (Wildman–Crippen LogP) is 5.77. The highest BCUT2D eigenvalue weighted by Crippen LogP contribution is 2.44. The Kier molecular flexibility index (Phi) is 7.32. The fourth-order valence-electron chi connectivity index (χ4n) is 3.62. The molecule has 0 aliphatic heterocycles. The van der Waals surface area contributed by atoms with Gasteiger partial charge >= 0.3 is 5.69 Å². The number of hydrogen-bond donors (Lipinski definition) is 0. The molecule has 2 heterocycles. The summed E-state index contributed by atoms with van der Waals surface area (Å²) in [6, 6.07) is 19.8. The van der Waals surface area contributed by atoms with E-state index in [2.05, 4.69) is 11.1 Å². The Morgan fingerprint density at radius 1 is 0.917 bits per heavy atom. The number of benzene rings is 2. The molecule has 180 valence electrons. The third-order valence-electron chi connectivity index (χ3n) is 5.28. The van der Waals surface area contributed by atoms with Crippen molar-refractivity contribution in [3.63, 3.8) is 0 Å². The molecular weight excluding hydrogens is 480 g/mol. The molecule has 0 N–H and O–H groups in total. The van der Waals surface area contributed by atoms with Crippen LogP contribution in [0.3, 0.4) is 0 Å². The first kappa shape index (κ1) is 24.5. The van der Waals surface area contributed by atoms with Crippen molar-refractivity contribution in [2.75, 3.05) is 21.3 Å². The molecule has 4 rings (SSSR count). The standard InChI is InChI=1S/C26H20N4O5S/c1-33-22-12-17(13-23(34-2)24(22)35-3)18-14-20(16-8-5-4-6-9-16)29-25(19(18)15-27)36-26-21(30(31)32)10-7-11-28-26/h4-14H,1-3H3. The number of ether oxygens (including phenoxy) is 3. The molecule has 10 heteroatoms. The van der Waals surface area contributed by atoms with E-state index < -0.39 is 4.92 Å². The number of methoxy groups -OCH3 is 3. The summed E-state index contributed by atoms with van der Waals surface area (Å²) in [6.07, 6.45) is 1.46. The molecule has 4 aromatic rings. The van der Waals surface area contributed by atoms with Crippen LogP contribution in [0.5, 0.6) is 17.2 Å². The van der Waals surface area contributed by atoms with Crippen molar-refractivity contribution < 1.29 is 19.1 Å². The first-order valence-electron chi connectivity index (χ1n) is 10.6. The average molecular weight is 501 g/mol. The third-order valence-corrected chi connectivity index (χ3v) is 6.28. The summed E-state index contributed by atoms with van der Waals surface area (Å²) >= 11 is 0.965. The van der Waals surface area contributed by atoms with Crippen LogP contribution in [-0.2, 0) is 0 Å². The van der Waals surface area contributed by atoms with Gasteiger partial charge in [-0.1, -0.05) is 30.3 Å². The number of aromatic nitrogens is 2. The van der Waals surface area contributed by atoms with Crippen LogP contribution in [0.2, 0.25) is 0 Å². The Morgan fingerprint density at radius 2 is 1.61 bits per heavy atom. The number of nitro groups is 1. The summed E-state index contributed by atoms with van der Waals surface area (Å²) in [7, 11) is 4.53. The van der Waals surface area contributed by atoms with Crippen molar-refractivity contribution in [1.82, 2.24) is 9.97 Å². The molecule has 0 atom stereocenters. The molecule has 0 amide bonds. The van der Waals surface area contributed by atoms with Gasteiger partial charge < -0.3 is 14.2 Å². The number of pyridine rings is 2. The third kappa shape index (κ3) is 4.78. The van der Waals surface area contributed by atoms with Gasteiger partial charge in [-0.3, -0.25) is 10.1 Å². The van der Waals surface area contributed by atoms with Crippen LogP contribution in [-0.4, -0.2) is 36.2 Å². The van der Waals surface area contributed by atoms with Gasteiger partial charge in [-0.15, -0.1) is 0 Å². The lowest BCUT2D eigenvalue weighted by molar-refractivity contribution is -0.388. The fourth-order valence-corrected chi connectivity index (χ4v) is 4.56. The van der Waals surface area contributed by atoms with Crippen LogP contribution in [0.4, 0.5) is 5.69 Å². The van der Waals surface area contributed by atoms with Gasteiger partial charge in [-0.25, -0.2) is 9.97 Å². The van der Waals surface area contributed by atoms with Crippen molar-refractivity contribution in [3.8, 4) is 45.7 Å². The van der Waals surface area contributed by atoms with Crippen LogP contribution in [0.1, 0.15) is 5.56 Å². The summed E-state index contributed by atoms with van der Waals surface area (Å²) in [6.45, 7) is 0. The van der Waals surface area contributed by atoms with Crippen molar-refractivity contribution in [2.24, 2.45) is 0 Å². The molecule has 0 fully saturated rings. The van der Waals surface area contributed by atoms with Gasteiger partial charge in [0.1, 0.15) is 11.1 Å². The molecule has 0 radical (unpaired) electrons. The maximum atomic E-state index is 11.6. The molecule has 36 heavy (non-hydrogen) atoms. The number of hydrogen-bond acceptors (Lipinski definition) is 9. The van der Waals surface area contributed by atoms with E-state index in [1.54, 1.807) is 18.2 Å². The fraction of sp³-hybridized carbons (Fsp3) is 0.115. The Bertz CT molecular complexity index is 1450. The Morgan fingerprint density at radius 3 is 2.19 bits per heavy atom. The minimum atomic E-state index is -0.511. The van der Waals surface area contributed by atoms with Gasteiger partial charge in [0.15, 0.2) is 16.5 Å². The maximum absolute atomic E-state index is 11.6. The van der Waals surface area contributed by atoms with Crippen molar-refractivity contribution in [1.29, 1.82) is 5.26 Å². The van der Waals surface area contributed by atoms with E-state index in [4.69, 9.17) is 19.2 Å². The van der Waals surface area contributed by atoms with E-state index in [1.807, 2.05) is 30.3 Å². The zero-order valence-electron chi connectivity index (χ0n) is 19.6. The summed E-state index contributed by atoms with van der Waals surface area (Å²) in [5.41, 5.74) is 2.62. The first-order valence-corrected chi connectivity index (χ1v) is 11.4. The largest absolute Gasteiger partial charge is 0.493 e. The van der Waals surface area contributed by atoms with E-state index in [9.17, 15) is 15.4 Å². The highest BCUT2D eigenvalue weighted by molar-refractivity contribution is 7.99. The molecule has 0 saturated heterocycles. The van der Waals surface area contributed by atoms with E-state index >= 15 is 0 Å². The minimum Gasteiger partial charge on any atom is -0.493 e. The summed E-state index contributed by atoms with van der Waals surface area (Å²) in [5.74, 6) is 1.25. The van der Waals surface area contributed by atoms with E-state index in [-0.39, 0.29) is 21.3 Å². The van der Waals surface area contributed by atoms with Gasteiger partial charge in [0.25, 0.3) is 0 Å². The van der Waals surface area contributed by atoms with Crippen LogP contribution in [0, 0.1) is 21.4 Å². The molecule has 2 aromatic heterocycles. The maximum Gasteiger partial charge on any atom is 0.301 e. The second-order valence-electron chi connectivity index (χ2n) is 7.31. The monoisotopic (exact) mass is 500 g/mol. The Hall–Kier alpha value is -4.62. The quantitative estimate of drug-likeness (QED) is 0.219. The Labute approximate surface area is 211 Å². The van der Waals surface area contributed by atoms with E-state index in [0.29, 0.717) is 34.1 Å². The summed E-state index contributed by atoms with van der Waals surface area (Å²) in [4.78, 5) is 19.9. The molecule has 0 aliphatic rings.